The number of benzene rings is 1. The largest absolute Gasteiger partial charge is 0.462 e. The quantitative estimate of drug-likeness (QED) is 0.480. The van der Waals surface area contributed by atoms with Crippen molar-refractivity contribution < 1.29 is 22.7 Å². The van der Waals surface area contributed by atoms with E-state index < -0.39 is 17.7 Å². The zero-order valence-corrected chi connectivity index (χ0v) is 10.8. The lowest BCUT2D eigenvalue weighted by atomic mass is 10.1. The Morgan fingerprint density at radius 2 is 1.89 bits per heavy atom. The Morgan fingerprint density at radius 3 is 2.39 bits per heavy atom. The Kier molecular flexibility index (Phi) is 5.40. The molecule has 0 aliphatic carbocycles. The third kappa shape index (κ3) is 4.91. The molecule has 0 atom stereocenters. The number of alkyl halides is 4. The van der Waals surface area contributed by atoms with Crippen molar-refractivity contribution in [3.8, 4) is 0 Å². The summed E-state index contributed by atoms with van der Waals surface area (Å²) in [7, 11) is 0. The van der Waals surface area contributed by atoms with Gasteiger partial charge in [0, 0.05) is 11.4 Å². The molecule has 98 valence electrons. The minimum absolute atomic E-state index is 0.246. The van der Waals surface area contributed by atoms with E-state index in [4.69, 9.17) is 4.74 Å². The second-order valence-corrected chi connectivity index (χ2v) is 4.10. The van der Waals surface area contributed by atoms with Crippen LogP contribution in [0.2, 0.25) is 0 Å². The van der Waals surface area contributed by atoms with E-state index in [0.717, 1.165) is 12.1 Å². The maximum Gasteiger partial charge on any atom is 0.416 e. The van der Waals surface area contributed by atoms with Gasteiger partial charge in [-0.2, -0.15) is 13.2 Å². The first-order valence-corrected chi connectivity index (χ1v) is 6.13. The van der Waals surface area contributed by atoms with E-state index in [2.05, 4.69) is 15.9 Å². The number of ether oxygens (including phenoxy) is 1. The topological polar surface area (TPSA) is 26.3 Å². The van der Waals surface area contributed by atoms with Crippen LogP contribution >= 0.6 is 15.9 Å². The van der Waals surface area contributed by atoms with Crippen LogP contribution in [-0.2, 0) is 15.7 Å². The summed E-state index contributed by atoms with van der Waals surface area (Å²) in [6.45, 7) is 0.246. The molecular weight excluding hydrogens is 313 g/mol. The van der Waals surface area contributed by atoms with Gasteiger partial charge in [-0.25, -0.2) is 4.79 Å². The Morgan fingerprint density at radius 1 is 1.28 bits per heavy atom. The average molecular weight is 323 g/mol. The van der Waals surface area contributed by atoms with Gasteiger partial charge in [-0.1, -0.05) is 28.1 Å². The summed E-state index contributed by atoms with van der Waals surface area (Å²) in [4.78, 5) is 11.1. The first-order valence-electron chi connectivity index (χ1n) is 5.01. The molecule has 0 aliphatic rings. The highest BCUT2D eigenvalue weighted by Crippen LogP contribution is 2.29. The highest BCUT2D eigenvalue weighted by molar-refractivity contribution is 9.09. The molecule has 0 spiro atoms. The lowest BCUT2D eigenvalue weighted by Gasteiger charge is -2.05. The number of hydrogen-bond donors (Lipinski definition) is 0. The van der Waals surface area contributed by atoms with Crippen LogP contribution in [0.5, 0.6) is 0 Å². The van der Waals surface area contributed by atoms with E-state index >= 15 is 0 Å². The van der Waals surface area contributed by atoms with E-state index in [1.165, 1.54) is 24.3 Å². The molecule has 1 aromatic rings. The fraction of sp³-hybridized carbons (Fsp3) is 0.250. The number of carbonyl (C=O) groups is 1. The van der Waals surface area contributed by atoms with Gasteiger partial charge in [-0.3, -0.25) is 0 Å². The van der Waals surface area contributed by atoms with Gasteiger partial charge >= 0.3 is 12.1 Å². The van der Waals surface area contributed by atoms with Crippen molar-refractivity contribution in [2.45, 2.75) is 6.18 Å². The van der Waals surface area contributed by atoms with Crippen molar-refractivity contribution in [1.82, 2.24) is 0 Å². The summed E-state index contributed by atoms with van der Waals surface area (Å²) in [6, 6.07) is 4.50. The van der Waals surface area contributed by atoms with Crippen LogP contribution in [0.25, 0.3) is 6.08 Å². The molecule has 1 aromatic carbocycles. The second kappa shape index (κ2) is 6.58. The minimum atomic E-state index is -4.35. The molecule has 0 heterocycles. The SMILES string of the molecule is O=C(C=Cc1ccc(C(F)(F)F)cc1)OCCBr. The normalized spacial score (nSPS) is 11.8. The zero-order valence-electron chi connectivity index (χ0n) is 9.21. The van der Waals surface area contributed by atoms with Crippen LogP contribution in [0.15, 0.2) is 30.3 Å². The number of hydrogen-bond acceptors (Lipinski definition) is 2. The first kappa shape index (κ1) is 14.8. The standard InChI is InChI=1S/C12H10BrF3O2/c13-7-8-18-11(17)6-3-9-1-4-10(5-2-9)12(14,15)16/h1-6H,7-8H2. The number of esters is 1. The van der Waals surface area contributed by atoms with Gasteiger partial charge in [0.25, 0.3) is 0 Å². The molecule has 0 unspecified atom stereocenters. The van der Waals surface area contributed by atoms with Crippen molar-refractivity contribution in [2.24, 2.45) is 0 Å². The predicted octanol–water partition coefficient (Wildman–Crippen LogP) is 3.66. The Labute approximate surface area is 111 Å². The van der Waals surface area contributed by atoms with Gasteiger partial charge in [0.05, 0.1) is 5.56 Å². The van der Waals surface area contributed by atoms with Gasteiger partial charge in [0.1, 0.15) is 6.61 Å². The predicted molar refractivity (Wildman–Crippen MR) is 65.2 cm³/mol. The molecule has 0 radical (unpaired) electrons. The van der Waals surface area contributed by atoms with Crippen molar-refractivity contribution >= 4 is 28.0 Å². The second-order valence-electron chi connectivity index (χ2n) is 3.31. The van der Waals surface area contributed by atoms with E-state index in [0.29, 0.717) is 10.9 Å². The number of halogens is 4. The van der Waals surface area contributed by atoms with Gasteiger partial charge in [-0.15, -0.1) is 0 Å². The lowest BCUT2D eigenvalue weighted by molar-refractivity contribution is -0.138. The lowest BCUT2D eigenvalue weighted by Crippen LogP contribution is -2.04. The Hall–Kier alpha value is -1.30. The summed E-state index contributed by atoms with van der Waals surface area (Å²) < 4.78 is 41.6. The molecular formula is C12H10BrF3O2. The Bertz CT molecular complexity index is 424. The highest BCUT2D eigenvalue weighted by atomic mass is 79.9. The van der Waals surface area contributed by atoms with Crippen LogP contribution in [0.4, 0.5) is 13.2 Å². The zero-order chi connectivity index (χ0) is 13.6. The smallest absolute Gasteiger partial charge is 0.416 e. The molecule has 0 aromatic heterocycles. The summed E-state index contributed by atoms with van der Waals surface area (Å²) in [5.41, 5.74) is -0.222. The third-order valence-electron chi connectivity index (χ3n) is 1.97. The molecule has 0 aliphatic heterocycles. The first-order chi connectivity index (χ1) is 8.43. The Balaban J connectivity index is 2.64. The van der Waals surface area contributed by atoms with Gasteiger partial charge in [0.15, 0.2) is 0 Å². The maximum absolute atomic E-state index is 12.3. The van der Waals surface area contributed by atoms with Crippen LogP contribution in [0.1, 0.15) is 11.1 Å². The fourth-order valence-electron chi connectivity index (χ4n) is 1.13. The van der Waals surface area contributed by atoms with E-state index in [-0.39, 0.29) is 6.61 Å². The van der Waals surface area contributed by atoms with E-state index in [9.17, 15) is 18.0 Å². The molecule has 18 heavy (non-hydrogen) atoms. The molecule has 0 saturated heterocycles. The molecule has 0 bridgehead atoms. The summed E-state index contributed by atoms with van der Waals surface area (Å²) >= 11 is 3.09. The number of rotatable bonds is 4. The van der Waals surface area contributed by atoms with Crippen LogP contribution in [-0.4, -0.2) is 17.9 Å². The summed E-state index contributed by atoms with van der Waals surface area (Å²) in [6.07, 6.45) is -1.78. The summed E-state index contributed by atoms with van der Waals surface area (Å²) in [5, 5.41) is 0.535. The molecule has 2 nitrogen and oxygen atoms in total. The highest BCUT2D eigenvalue weighted by Gasteiger charge is 2.29. The van der Waals surface area contributed by atoms with Gasteiger partial charge in [-0.05, 0) is 23.8 Å². The van der Waals surface area contributed by atoms with Gasteiger partial charge < -0.3 is 4.74 Å². The van der Waals surface area contributed by atoms with Crippen molar-refractivity contribution in [3.05, 3.63) is 41.5 Å². The van der Waals surface area contributed by atoms with Crippen LogP contribution < -0.4 is 0 Å². The maximum atomic E-state index is 12.3. The van der Waals surface area contributed by atoms with Crippen LogP contribution in [0.3, 0.4) is 0 Å². The minimum Gasteiger partial charge on any atom is -0.462 e. The molecule has 0 fully saturated rings. The van der Waals surface area contributed by atoms with Gasteiger partial charge in [0.2, 0.25) is 0 Å². The molecule has 1 rings (SSSR count). The summed E-state index contributed by atoms with van der Waals surface area (Å²) in [5.74, 6) is -0.533. The van der Waals surface area contributed by atoms with Crippen molar-refractivity contribution in [3.63, 3.8) is 0 Å². The van der Waals surface area contributed by atoms with E-state index in [1.54, 1.807) is 0 Å². The van der Waals surface area contributed by atoms with E-state index in [1.807, 2.05) is 0 Å². The monoisotopic (exact) mass is 322 g/mol. The van der Waals surface area contributed by atoms with Crippen LogP contribution in [0, 0.1) is 0 Å². The number of carbonyl (C=O) groups excluding carboxylic acids is 1. The van der Waals surface area contributed by atoms with Crippen molar-refractivity contribution in [2.75, 3.05) is 11.9 Å². The fourth-order valence-corrected chi connectivity index (χ4v) is 1.30. The average Bonchev–Trinajstić information content (AvgIpc) is 2.33. The molecule has 0 saturated carbocycles. The molecule has 0 N–H and O–H groups in total. The van der Waals surface area contributed by atoms with Crippen molar-refractivity contribution in [1.29, 1.82) is 0 Å². The third-order valence-corrected chi connectivity index (χ3v) is 2.30. The molecule has 0 amide bonds. The molecule has 6 heteroatoms.